The summed E-state index contributed by atoms with van der Waals surface area (Å²) in [5.74, 6) is 0.706. The number of rotatable bonds is 2. The molecule has 0 spiro atoms. The van der Waals surface area contributed by atoms with E-state index in [1.165, 1.54) is 12.8 Å². The van der Waals surface area contributed by atoms with Crippen LogP contribution in [0.25, 0.3) is 0 Å². The van der Waals surface area contributed by atoms with Crippen LogP contribution in [-0.4, -0.2) is 12.1 Å². The Morgan fingerprint density at radius 3 is 2.92 bits per heavy atom. The molecule has 68 valence electrons. The minimum atomic E-state index is -0.202. The quantitative estimate of drug-likeness (QED) is 0.681. The van der Waals surface area contributed by atoms with Crippen molar-refractivity contribution in [2.45, 2.75) is 45.1 Å². The van der Waals surface area contributed by atoms with Gasteiger partial charge in [0.2, 0.25) is 0 Å². The van der Waals surface area contributed by atoms with Gasteiger partial charge in [0.1, 0.15) is 5.54 Å². The zero-order valence-electron chi connectivity index (χ0n) is 8.06. The van der Waals surface area contributed by atoms with E-state index in [4.69, 9.17) is 5.26 Å². The maximum atomic E-state index is 9.08. The van der Waals surface area contributed by atoms with E-state index in [2.05, 4.69) is 25.2 Å². The number of hydrogen-bond acceptors (Lipinski definition) is 2. The monoisotopic (exact) mass is 166 g/mol. The van der Waals surface area contributed by atoms with E-state index in [0.29, 0.717) is 5.92 Å². The first-order valence-electron chi connectivity index (χ1n) is 4.89. The Morgan fingerprint density at radius 1 is 1.67 bits per heavy atom. The van der Waals surface area contributed by atoms with Gasteiger partial charge in [0.25, 0.3) is 0 Å². The first-order valence-corrected chi connectivity index (χ1v) is 4.89. The fraction of sp³-hybridized carbons (Fsp3) is 0.900. The molecular weight excluding hydrogens is 148 g/mol. The number of nitrogens with one attached hydrogen (secondary N) is 1. The van der Waals surface area contributed by atoms with Gasteiger partial charge in [0.05, 0.1) is 6.07 Å². The fourth-order valence-corrected chi connectivity index (χ4v) is 2.19. The van der Waals surface area contributed by atoms with Crippen molar-refractivity contribution in [3.05, 3.63) is 0 Å². The van der Waals surface area contributed by atoms with Crippen molar-refractivity contribution in [3.8, 4) is 6.07 Å². The Labute approximate surface area is 75.0 Å². The van der Waals surface area contributed by atoms with Crippen LogP contribution in [0.15, 0.2) is 0 Å². The molecule has 2 atom stereocenters. The topological polar surface area (TPSA) is 35.8 Å². The predicted octanol–water partition coefficient (Wildman–Crippen LogP) is 2.07. The first kappa shape index (κ1) is 9.54. The second kappa shape index (κ2) is 3.91. The number of nitriles is 1. The average molecular weight is 166 g/mol. The molecular formula is C10H18N2. The van der Waals surface area contributed by atoms with Gasteiger partial charge in [0.15, 0.2) is 0 Å². The van der Waals surface area contributed by atoms with E-state index < -0.39 is 0 Å². The molecule has 0 saturated heterocycles. The van der Waals surface area contributed by atoms with Gasteiger partial charge in [-0.15, -0.1) is 0 Å². The van der Waals surface area contributed by atoms with E-state index in [1.807, 2.05) is 0 Å². The SMILES string of the molecule is CCNC1(C#N)CCCC(C)C1. The van der Waals surface area contributed by atoms with Crippen LogP contribution in [0.4, 0.5) is 0 Å². The summed E-state index contributed by atoms with van der Waals surface area (Å²) in [7, 11) is 0. The fourth-order valence-electron chi connectivity index (χ4n) is 2.19. The zero-order chi connectivity index (χ0) is 9.03. The molecule has 1 aliphatic rings. The van der Waals surface area contributed by atoms with Crippen LogP contribution >= 0.6 is 0 Å². The van der Waals surface area contributed by atoms with Crippen molar-refractivity contribution in [2.24, 2.45) is 5.92 Å². The summed E-state index contributed by atoms with van der Waals surface area (Å²) < 4.78 is 0. The average Bonchev–Trinajstić information content (AvgIpc) is 2.05. The largest absolute Gasteiger partial charge is 0.300 e. The highest BCUT2D eigenvalue weighted by Gasteiger charge is 2.33. The van der Waals surface area contributed by atoms with Crippen LogP contribution in [0.3, 0.4) is 0 Å². The smallest absolute Gasteiger partial charge is 0.107 e. The second-order valence-corrected chi connectivity index (χ2v) is 3.93. The molecule has 12 heavy (non-hydrogen) atoms. The zero-order valence-corrected chi connectivity index (χ0v) is 8.06. The molecule has 0 radical (unpaired) electrons. The van der Waals surface area contributed by atoms with Gasteiger partial charge < -0.3 is 0 Å². The summed E-state index contributed by atoms with van der Waals surface area (Å²) in [6, 6.07) is 2.44. The van der Waals surface area contributed by atoms with Gasteiger partial charge in [-0.2, -0.15) is 5.26 Å². The lowest BCUT2D eigenvalue weighted by molar-refractivity contribution is 0.245. The van der Waals surface area contributed by atoms with Crippen LogP contribution < -0.4 is 5.32 Å². The molecule has 0 bridgehead atoms. The van der Waals surface area contributed by atoms with Crippen LogP contribution in [0.1, 0.15) is 39.5 Å². The van der Waals surface area contributed by atoms with Gasteiger partial charge in [-0.25, -0.2) is 0 Å². The number of nitrogens with zero attached hydrogens (tertiary/aromatic N) is 1. The first-order chi connectivity index (χ1) is 5.72. The van der Waals surface area contributed by atoms with E-state index in [0.717, 1.165) is 19.4 Å². The molecule has 0 heterocycles. The highest BCUT2D eigenvalue weighted by Crippen LogP contribution is 2.31. The summed E-state index contributed by atoms with van der Waals surface area (Å²) in [6.45, 7) is 5.21. The molecule has 0 amide bonds. The molecule has 2 unspecified atom stereocenters. The number of hydrogen-bond donors (Lipinski definition) is 1. The lowest BCUT2D eigenvalue weighted by atomic mass is 9.77. The highest BCUT2D eigenvalue weighted by molar-refractivity contribution is 5.09. The Kier molecular flexibility index (Phi) is 3.11. The lowest BCUT2D eigenvalue weighted by Gasteiger charge is -2.34. The normalized spacial score (nSPS) is 35.9. The summed E-state index contributed by atoms with van der Waals surface area (Å²) in [6.07, 6.45) is 4.54. The molecule has 0 aromatic carbocycles. The maximum Gasteiger partial charge on any atom is 0.107 e. The van der Waals surface area contributed by atoms with Gasteiger partial charge >= 0.3 is 0 Å². The standard InChI is InChI=1S/C10H18N2/c1-3-12-10(8-11)6-4-5-9(2)7-10/h9,12H,3-7H2,1-2H3. The van der Waals surface area contributed by atoms with Gasteiger partial charge in [0, 0.05) is 0 Å². The third kappa shape index (κ3) is 1.98. The molecule has 1 aliphatic carbocycles. The van der Waals surface area contributed by atoms with Crippen molar-refractivity contribution in [1.82, 2.24) is 5.32 Å². The molecule has 0 aromatic rings. The third-order valence-corrected chi connectivity index (χ3v) is 2.73. The summed E-state index contributed by atoms with van der Waals surface area (Å²) in [5.41, 5.74) is -0.202. The van der Waals surface area contributed by atoms with E-state index in [9.17, 15) is 0 Å². The Hall–Kier alpha value is -0.550. The van der Waals surface area contributed by atoms with E-state index >= 15 is 0 Å². The molecule has 2 heteroatoms. The van der Waals surface area contributed by atoms with Gasteiger partial charge in [-0.3, -0.25) is 5.32 Å². The lowest BCUT2D eigenvalue weighted by Crippen LogP contribution is -2.47. The van der Waals surface area contributed by atoms with Crippen molar-refractivity contribution in [2.75, 3.05) is 6.54 Å². The minimum absolute atomic E-state index is 0.202. The molecule has 2 nitrogen and oxygen atoms in total. The molecule has 1 saturated carbocycles. The summed E-state index contributed by atoms with van der Waals surface area (Å²) in [4.78, 5) is 0. The van der Waals surface area contributed by atoms with Gasteiger partial charge in [-0.1, -0.05) is 26.7 Å². The molecule has 1 fully saturated rings. The van der Waals surface area contributed by atoms with Crippen molar-refractivity contribution in [1.29, 1.82) is 5.26 Å². The molecule has 0 aliphatic heterocycles. The predicted molar refractivity (Wildman–Crippen MR) is 49.7 cm³/mol. The summed E-state index contributed by atoms with van der Waals surface area (Å²) >= 11 is 0. The third-order valence-electron chi connectivity index (χ3n) is 2.73. The summed E-state index contributed by atoms with van der Waals surface area (Å²) in [5, 5.41) is 12.4. The van der Waals surface area contributed by atoms with Gasteiger partial charge in [-0.05, 0) is 25.3 Å². The van der Waals surface area contributed by atoms with Crippen LogP contribution in [0.2, 0.25) is 0 Å². The molecule has 0 aromatic heterocycles. The van der Waals surface area contributed by atoms with E-state index in [-0.39, 0.29) is 5.54 Å². The minimum Gasteiger partial charge on any atom is -0.300 e. The van der Waals surface area contributed by atoms with Crippen LogP contribution in [0, 0.1) is 17.2 Å². The Balaban J connectivity index is 2.59. The Bertz CT molecular complexity index is 179. The van der Waals surface area contributed by atoms with Crippen molar-refractivity contribution in [3.63, 3.8) is 0 Å². The van der Waals surface area contributed by atoms with E-state index in [1.54, 1.807) is 0 Å². The second-order valence-electron chi connectivity index (χ2n) is 3.93. The van der Waals surface area contributed by atoms with Crippen molar-refractivity contribution < 1.29 is 0 Å². The Morgan fingerprint density at radius 2 is 2.42 bits per heavy atom. The molecule has 1 rings (SSSR count). The van der Waals surface area contributed by atoms with Crippen LogP contribution in [0.5, 0.6) is 0 Å². The highest BCUT2D eigenvalue weighted by atomic mass is 15.0. The van der Waals surface area contributed by atoms with Crippen LogP contribution in [-0.2, 0) is 0 Å². The molecule has 1 N–H and O–H groups in total. The van der Waals surface area contributed by atoms with Crippen molar-refractivity contribution >= 4 is 0 Å². The maximum absolute atomic E-state index is 9.08.